The second-order valence-corrected chi connectivity index (χ2v) is 7.19. The van der Waals surface area contributed by atoms with Crippen molar-refractivity contribution in [1.29, 1.82) is 0 Å². The van der Waals surface area contributed by atoms with Crippen LogP contribution < -0.4 is 9.64 Å². The minimum absolute atomic E-state index is 0.0656. The van der Waals surface area contributed by atoms with E-state index in [1.807, 2.05) is 6.07 Å². The first-order valence-corrected chi connectivity index (χ1v) is 9.50. The van der Waals surface area contributed by atoms with Crippen LogP contribution in [0.5, 0.6) is 5.88 Å². The predicted molar refractivity (Wildman–Crippen MR) is 103 cm³/mol. The first-order chi connectivity index (χ1) is 13.6. The van der Waals surface area contributed by atoms with Crippen LogP contribution in [0.1, 0.15) is 6.42 Å². The number of benzene rings is 1. The second-order valence-electron chi connectivity index (χ2n) is 6.75. The summed E-state index contributed by atoms with van der Waals surface area (Å²) in [4.78, 5) is 38.2. The molecule has 0 N–H and O–H groups in total. The highest BCUT2D eigenvalue weighted by Gasteiger charge is 2.34. The van der Waals surface area contributed by atoms with E-state index in [0.717, 1.165) is 12.1 Å². The van der Waals surface area contributed by atoms with Crippen molar-refractivity contribution in [3.05, 3.63) is 47.9 Å². The first kappa shape index (κ1) is 18.5. The van der Waals surface area contributed by atoms with Crippen molar-refractivity contribution in [3.8, 4) is 5.88 Å². The highest BCUT2D eigenvalue weighted by molar-refractivity contribution is 6.30. The monoisotopic (exact) mass is 401 g/mol. The van der Waals surface area contributed by atoms with Crippen LogP contribution in [0.15, 0.2) is 42.9 Å². The van der Waals surface area contributed by atoms with Gasteiger partial charge in [0.25, 0.3) is 0 Å². The summed E-state index contributed by atoms with van der Waals surface area (Å²) in [5.41, 5.74) is 0.743. The van der Waals surface area contributed by atoms with Gasteiger partial charge in [0.2, 0.25) is 11.8 Å². The molecule has 4 rings (SSSR count). The van der Waals surface area contributed by atoms with Crippen molar-refractivity contribution < 1.29 is 14.3 Å². The van der Waals surface area contributed by atoms with E-state index in [2.05, 4.69) is 9.97 Å². The summed E-state index contributed by atoms with van der Waals surface area (Å²) in [5, 5.41) is 0.576. The number of halogens is 1. The zero-order valence-corrected chi connectivity index (χ0v) is 16.0. The van der Waals surface area contributed by atoms with E-state index in [4.69, 9.17) is 16.3 Å². The molecule has 146 valence electrons. The molecule has 3 amide bonds. The zero-order valence-electron chi connectivity index (χ0n) is 15.2. The lowest BCUT2D eigenvalue weighted by atomic mass is 10.3. The molecule has 2 aliphatic heterocycles. The van der Waals surface area contributed by atoms with Crippen LogP contribution in [0, 0.1) is 0 Å². The van der Waals surface area contributed by atoms with Crippen LogP contribution in [0.3, 0.4) is 0 Å². The summed E-state index contributed by atoms with van der Waals surface area (Å²) in [5.74, 6) is 0.427. The Labute approximate surface area is 167 Å². The molecule has 2 fully saturated rings. The third-order valence-corrected chi connectivity index (χ3v) is 5.12. The van der Waals surface area contributed by atoms with Gasteiger partial charge in [-0.1, -0.05) is 17.7 Å². The van der Waals surface area contributed by atoms with Gasteiger partial charge >= 0.3 is 6.03 Å². The van der Waals surface area contributed by atoms with E-state index in [1.165, 1.54) is 6.33 Å². The lowest BCUT2D eigenvalue weighted by Crippen LogP contribution is -2.42. The molecule has 1 aromatic heterocycles. The maximum atomic E-state index is 12.7. The van der Waals surface area contributed by atoms with Crippen molar-refractivity contribution >= 4 is 29.2 Å². The number of hydrogen-bond acceptors (Lipinski definition) is 5. The van der Waals surface area contributed by atoms with Gasteiger partial charge in [-0.3, -0.25) is 9.69 Å². The van der Waals surface area contributed by atoms with Gasteiger partial charge in [0.1, 0.15) is 19.0 Å². The van der Waals surface area contributed by atoms with E-state index in [0.29, 0.717) is 37.1 Å². The summed E-state index contributed by atoms with van der Waals surface area (Å²) in [6.07, 6.45) is 3.68. The van der Waals surface area contributed by atoms with Crippen LogP contribution in [-0.4, -0.2) is 70.5 Å². The molecule has 0 aliphatic carbocycles. The van der Waals surface area contributed by atoms with Gasteiger partial charge in [-0.25, -0.2) is 14.8 Å². The lowest BCUT2D eigenvalue weighted by molar-refractivity contribution is -0.130. The van der Waals surface area contributed by atoms with Gasteiger partial charge in [0, 0.05) is 49.0 Å². The molecule has 0 radical (unpaired) electrons. The van der Waals surface area contributed by atoms with Gasteiger partial charge < -0.3 is 14.5 Å². The van der Waals surface area contributed by atoms with Crippen LogP contribution in [-0.2, 0) is 4.79 Å². The van der Waals surface area contributed by atoms with Crippen molar-refractivity contribution in [3.63, 3.8) is 0 Å². The largest absolute Gasteiger partial charge is 0.472 e. The fourth-order valence-electron chi connectivity index (χ4n) is 3.45. The molecule has 9 heteroatoms. The molecule has 28 heavy (non-hydrogen) atoms. The molecular weight excluding hydrogens is 382 g/mol. The van der Waals surface area contributed by atoms with Crippen molar-refractivity contribution in [2.24, 2.45) is 0 Å². The normalized spacial score (nSPS) is 19.4. The molecule has 1 unspecified atom stereocenters. The molecule has 0 saturated carbocycles. The Balaban J connectivity index is 1.31. The number of amides is 3. The summed E-state index contributed by atoms with van der Waals surface area (Å²) < 4.78 is 5.79. The van der Waals surface area contributed by atoms with Crippen LogP contribution in [0.25, 0.3) is 0 Å². The smallest absolute Gasteiger partial charge is 0.325 e. The van der Waals surface area contributed by atoms with Crippen molar-refractivity contribution in [1.82, 2.24) is 19.8 Å². The molecule has 0 bridgehead atoms. The predicted octanol–water partition coefficient (Wildman–Crippen LogP) is 2.05. The van der Waals surface area contributed by atoms with Crippen LogP contribution >= 0.6 is 11.6 Å². The number of aromatic nitrogens is 2. The van der Waals surface area contributed by atoms with Gasteiger partial charge in [-0.05, 0) is 18.2 Å². The van der Waals surface area contributed by atoms with Crippen molar-refractivity contribution in [2.45, 2.75) is 12.5 Å². The topological polar surface area (TPSA) is 78.9 Å². The molecule has 2 aliphatic rings. The number of hydrogen-bond donors (Lipinski definition) is 0. The van der Waals surface area contributed by atoms with E-state index < -0.39 is 0 Å². The summed E-state index contributed by atoms with van der Waals surface area (Å²) in [7, 11) is 0. The number of likely N-dealkylation sites (tertiary alicyclic amines) is 1. The van der Waals surface area contributed by atoms with Crippen molar-refractivity contribution in [2.75, 3.05) is 37.6 Å². The van der Waals surface area contributed by atoms with Gasteiger partial charge in [-0.2, -0.15) is 0 Å². The maximum Gasteiger partial charge on any atom is 0.325 e. The third kappa shape index (κ3) is 4.01. The molecule has 2 aromatic rings. The SMILES string of the molecule is O=C(CN1CCN(c2cccc(Cl)c2)C1=O)N1CCC(Oc2ccncn2)C1. The fraction of sp³-hybridized carbons (Fsp3) is 0.368. The third-order valence-electron chi connectivity index (χ3n) is 4.88. The van der Waals surface area contributed by atoms with E-state index in [1.54, 1.807) is 45.2 Å². The summed E-state index contributed by atoms with van der Waals surface area (Å²) in [6.45, 7) is 2.20. The van der Waals surface area contributed by atoms with Crippen LogP contribution in [0.2, 0.25) is 5.02 Å². The lowest BCUT2D eigenvalue weighted by Gasteiger charge is -2.22. The Morgan fingerprint density at radius 2 is 2.14 bits per heavy atom. The average Bonchev–Trinajstić information content (AvgIpc) is 3.30. The number of rotatable bonds is 5. The van der Waals surface area contributed by atoms with Crippen LogP contribution in [0.4, 0.5) is 10.5 Å². The molecular formula is C19H20ClN5O3. The zero-order chi connectivity index (χ0) is 19.5. The minimum atomic E-state index is -0.177. The molecule has 1 atom stereocenters. The molecule has 1 aromatic carbocycles. The Bertz CT molecular complexity index is 866. The molecule has 0 spiro atoms. The minimum Gasteiger partial charge on any atom is -0.472 e. The molecule has 3 heterocycles. The van der Waals surface area contributed by atoms with Gasteiger partial charge in [-0.15, -0.1) is 0 Å². The Kier molecular flexibility index (Phi) is 5.29. The molecule has 8 nitrogen and oxygen atoms in total. The first-order valence-electron chi connectivity index (χ1n) is 9.12. The standard InChI is InChI=1S/C19H20ClN5O3/c20-14-2-1-3-15(10-14)25-9-8-24(19(25)27)12-18(26)23-7-5-16(11-23)28-17-4-6-21-13-22-17/h1-4,6,10,13,16H,5,7-9,11-12H2. The Morgan fingerprint density at radius 3 is 2.93 bits per heavy atom. The number of ether oxygens (including phenoxy) is 1. The average molecular weight is 402 g/mol. The summed E-state index contributed by atoms with van der Waals surface area (Å²) >= 11 is 6.02. The number of urea groups is 1. The van der Waals surface area contributed by atoms with E-state index in [-0.39, 0.29) is 24.6 Å². The number of nitrogens with zero attached hydrogens (tertiary/aromatic N) is 5. The fourth-order valence-corrected chi connectivity index (χ4v) is 3.63. The van der Waals surface area contributed by atoms with E-state index >= 15 is 0 Å². The quantitative estimate of drug-likeness (QED) is 0.766. The highest BCUT2D eigenvalue weighted by atomic mass is 35.5. The molecule has 2 saturated heterocycles. The Morgan fingerprint density at radius 1 is 1.25 bits per heavy atom. The number of carbonyl (C=O) groups excluding carboxylic acids is 2. The maximum absolute atomic E-state index is 12.7. The number of carbonyl (C=O) groups is 2. The van der Waals surface area contributed by atoms with Gasteiger partial charge in [0.05, 0.1) is 6.54 Å². The summed E-state index contributed by atoms with van der Waals surface area (Å²) in [6, 6.07) is 8.67. The van der Waals surface area contributed by atoms with Gasteiger partial charge in [0.15, 0.2) is 0 Å². The Hall–Kier alpha value is -2.87. The van der Waals surface area contributed by atoms with E-state index in [9.17, 15) is 9.59 Å². The highest BCUT2D eigenvalue weighted by Crippen LogP contribution is 2.24. The second kappa shape index (κ2) is 8.02. The number of anilines is 1.